The van der Waals surface area contributed by atoms with E-state index in [1.165, 1.54) is 6.33 Å². The third-order valence-corrected chi connectivity index (χ3v) is 2.37. The number of nitrogens with one attached hydrogen (secondary N) is 2. The number of imidazole rings is 1. The summed E-state index contributed by atoms with van der Waals surface area (Å²) in [5.74, 6) is 0.710. The summed E-state index contributed by atoms with van der Waals surface area (Å²) in [5, 5.41) is 12.2. The maximum atomic E-state index is 9.19. The Balaban J connectivity index is 0.000000422. The second-order valence-electron chi connectivity index (χ2n) is 4.66. The molecule has 1 atom stereocenters. The molecule has 10 heteroatoms. The van der Waals surface area contributed by atoms with Gasteiger partial charge in [0.15, 0.2) is 11.5 Å². The molecule has 0 radical (unpaired) electrons. The van der Waals surface area contributed by atoms with Crippen molar-refractivity contribution in [3.8, 4) is 0 Å². The standard InChI is InChI=1S/C11H15N5O.CH4O3S/c1-7(4-17)3-8(2)16-11-9-10(13-5-12-9)14-6-15-11;1-5(2,3)4/h3,5-6,8,17H,4H2,1-2H3,(H2,12,13,14,15,16);1H3,(H,2,3,4)/b7-3-;. The molecule has 122 valence electrons. The quantitative estimate of drug-likeness (QED) is 0.472. The van der Waals surface area contributed by atoms with Crippen LogP contribution in [0.2, 0.25) is 0 Å². The predicted octanol–water partition coefficient (Wildman–Crippen LogP) is 0.596. The van der Waals surface area contributed by atoms with Crippen LogP contribution in [-0.4, -0.2) is 56.9 Å². The molecular formula is C12H19N5O4S. The van der Waals surface area contributed by atoms with Gasteiger partial charge in [-0.1, -0.05) is 11.6 Å². The van der Waals surface area contributed by atoms with Gasteiger partial charge in [-0.15, -0.1) is 0 Å². The van der Waals surface area contributed by atoms with Crippen LogP contribution < -0.4 is 5.32 Å². The lowest BCUT2D eigenvalue weighted by molar-refractivity contribution is 0.331. The van der Waals surface area contributed by atoms with Gasteiger partial charge in [-0.05, 0) is 13.8 Å². The smallest absolute Gasteiger partial charge is 0.261 e. The summed E-state index contributed by atoms with van der Waals surface area (Å²) in [4.78, 5) is 15.3. The summed E-state index contributed by atoms with van der Waals surface area (Å²) >= 11 is 0. The number of aromatic nitrogens is 4. The Morgan fingerprint density at radius 1 is 1.45 bits per heavy atom. The second kappa shape index (κ2) is 7.82. The Bertz CT molecular complexity index is 733. The summed E-state index contributed by atoms with van der Waals surface area (Å²) in [6.45, 7) is 3.93. The molecule has 0 amide bonds. The molecule has 0 aromatic carbocycles. The molecule has 0 aliphatic carbocycles. The van der Waals surface area contributed by atoms with Crippen molar-refractivity contribution in [3.63, 3.8) is 0 Å². The van der Waals surface area contributed by atoms with Gasteiger partial charge in [-0.25, -0.2) is 15.0 Å². The van der Waals surface area contributed by atoms with Crippen molar-refractivity contribution in [2.45, 2.75) is 19.9 Å². The molecule has 22 heavy (non-hydrogen) atoms. The SMILES string of the molecule is C/C(=C/C(C)Nc1ncnc2nc[nH]c12)CO.CS(=O)(=O)O. The molecule has 4 N–H and O–H groups in total. The first kappa shape index (κ1) is 18.0. The zero-order chi connectivity index (χ0) is 16.8. The van der Waals surface area contributed by atoms with Gasteiger partial charge in [-0.3, -0.25) is 4.55 Å². The molecule has 2 aromatic rings. The van der Waals surface area contributed by atoms with Crippen molar-refractivity contribution in [2.75, 3.05) is 18.2 Å². The highest BCUT2D eigenvalue weighted by atomic mass is 32.2. The highest BCUT2D eigenvalue weighted by Gasteiger charge is 2.07. The largest absolute Gasteiger partial charge is 0.392 e. The lowest BCUT2D eigenvalue weighted by atomic mass is 10.2. The van der Waals surface area contributed by atoms with Crippen molar-refractivity contribution in [3.05, 3.63) is 24.3 Å². The second-order valence-corrected chi connectivity index (χ2v) is 6.13. The maximum absolute atomic E-state index is 9.19. The van der Waals surface area contributed by atoms with Gasteiger partial charge in [0.05, 0.1) is 19.2 Å². The van der Waals surface area contributed by atoms with E-state index in [0.717, 1.165) is 11.1 Å². The van der Waals surface area contributed by atoms with Crippen LogP contribution in [0, 0.1) is 0 Å². The van der Waals surface area contributed by atoms with E-state index in [-0.39, 0.29) is 12.6 Å². The van der Waals surface area contributed by atoms with Crippen LogP contribution >= 0.6 is 0 Å². The predicted molar refractivity (Wildman–Crippen MR) is 83.1 cm³/mol. The van der Waals surface area contributed by atoms with Gasteiger partial charge >= 0.3 is 0 Å². The Labute approximate surface area is 128 Å². The molecule has 0 saturated heterocycles. The Morgan fingerprint density at radius 2 is 2.09 bits per heavy atom. The number of hydrogen-bond donors (Lipinski definition) is 4. The summed E-state index contributed by atoms with van der Waals surface area (Å²) in [6, 6.07) is 0.0727. The van der Waals surface area contributed by atoms with Gasteiger partial charge in [0.1, 0.15) is 11.8 Å². The fraction of sp³-hybridized carbons (Fsp3) is 0.417. The lowest BCUT2D eigenvalue weighted by Gasteiger charge is -2.11. The van der Waals surface area contributed by atoms with E-state index >= 15 is 0 Å². The van der Waals surface area contributed by atoms with Crippen LogP contribution in [0.3, 0.4) is 0 Å². The van der Waals surface area contributed by atoms with Crippen molar-refractivity contribution in [2.24, 2.45) is 0 Å². The Kier molecular flexibility index (Phi) is 6.40. The number of hydrogen-bond acceptors (Lipinski definition) is 7. The number of aliphatic hydroxyl groups is 1. The van der Waals surface area contributed by atoms with Gasteiger partial charge < -0.3 is 15.4 Å². The van der Waals surface area contributed by atoms with Crippen LogP contribution in [0.5, 0.6) is 0 Å². The molecule has 0 aliphatic heterocycles. The topological polar surface area (TPSA) is 141 Å². The minimum atomic E-state index is -3.67. The molecule has 0 bridgehead atoms. The highest BCUT2D eigenvalue weighted by molar-refractivity contribution is 7.85. The Hall–Kier alpha value is -2.04. The number of rotatable bonds is 4. The zero-order valence-electron chi connectivity index (χ0n) is 12.5. The van der Waals surface area contributed by atoms with Crippen molar-refractivity contribution in [1.29, 1.82) is 0 Å². The molecule has 2 rings (SSSR count). The average molecular weight is 329 g/mol. The number of fused-ring (bicyclic) bond motifs is 1. The minimum Gasteiger partial charge on any atom is -0.392 e. The number of anilines is 1. The Morgan fingerprint density at radius 3 is 2.68 bits per heavy atom. The summed E-state index contributed by atoms with van der Waals surface area (Å²) in [7, 11) is -3.67. The van der Waals surface area contributed by atoms with Gasteiger partial charge in [0, 0.05) is 6.04 Å². The van der Waals surface area contributed by atoms with E-state index in [4.69, 9.17) is 9.66 Å². The highest BCUT2D eigenvalue weighted by Crippen LogP contribution is 2.15. The monoisotopic (exact) mass is 329 g/mol. The molecule has 9 nitrogen and oxygen atoms in total. The summed E-state index contributed by atoms with van der Waals surface area (Å²) in [5.41, 5.74) is 2.34. The van der Waals surface area contributed by atoms with Gasteiger partial charge in [0.25, 0.3) is 10.1 Å². The first-order valence-corrected chi connectivity index (χ1v) is 8.16. The van der Waals surface area contributed by atoms with E-state index in [1.807, 2.05) is 19.9 Å². The molecular weight excluding hydrogens is 310 g/mol. The molecule has 0 spiro atoms. The van der Waals surface area contributed by atoms with Crippen molar-refractivity contribution in [1.82, 2.24) is 19.9 Å². The van der Waals surface area contributed by atoms with Crippen LogP contribution in [0.15, 0.2) is 24.3 Å². The molecule has 0 aliphatic rings. The fourth-order valence-corrected chi connectivity index (χ4v) is 1.61. The van der Waals surface area contributed by atoms with Gasteiger partial charge in [0.2, 0.25) is 0 Å². The van der Waals surface area contributed by atoms with Crippen LogP contribution in [0.25, 0.3) is 11.2 Å². The molecule has 0 saturated carbocycles. The van der Waals surface area contributed by atoms with E-state index in [0.29, 0.717) is 17.7 Å². The van der Waals surface area contributed by atoms with Crippen LogP contribution in [-0.2, 0) is 10.1 Å². The van der Waals surface area contributed by atoms with E-state index in [1.54, 1.807) is 6.33 Å². The lowest BCUT2D eigenvalue weighted by Crippen LogP contribution is -2.14. The average Bonchev–Trinajstić information content (AvgIpc) is 2.85. The van der Waals surface area contributed by atoms with Crippen molar-refractivity contribution >= 4 is 27.1 Å². The number of aromatic amines is 1. The van der Waals surface area contributed by atoms with Crippen molar-refractivity contribution < 1.29 is 18.1 Å². The molecule has 2 aromatic heterocycles. The van der Waals surface area contributed by atoms with Gasteiger partial charge in [-0.2, -0.15) is 8.42 Å². The number of nitrogens with zero attached hydrogens (tertiary/aromatic N) is 3. The fourth-order valence-electron chi connectivity index (χ4n) is 1.61. The maximum Gasteiger partial charge on any atom is 0.261 e. The summed E-state index contributed by atoms with van der Waals surface area (Å²) in [6.07, 6.45) is 5.72. The first-order valence-electron chi connectivity index (χ1n) is 6.32. The molecule has 0 fully saturated rings. The van der Waals surface area contributed by atoms with Crippen LogP contribution in [0.1, 0.15) is 13.8 Å². The van der Waals surface area contributed by atoms with Crippen LogP contribution in [0.4, 0.5) is 5.82 Å². The number of H-pyrrole nitrogens is 1. The third-order valence-electron chi connectivity index (χ3n) is 2.37. The van der Waals surface area contributed by atoms with E-state index in [9.17, 15) is 8.42 Å². The first-order chi connectivity index (χ1) is 10.2. The molecule has 1 unspecified atom stereocenters. The third kappa shape index (κ3) is 6.61. The molecule has 2 heterocycles. The van der Waals surface area contributed by atoms with E-state index < -0.39 is 10.1 Å². The minimum absolute atomic E-state index is 0.0647. The zero-order valence-corrected chi connectivity index (χ0v) is 13.3. The summed E-state index contributed by atoms with van der Waals surface area (Å²) < 4.78 is 25.9. The van der Waals surface area contributed by atoms with E-state index in [2.05, 4.69) is 25.3 Å². The normalized spacial score (nSPS) is 13.4. The number of aliphatic hydroxyl groups excluding tert-OH is 1.